The van der Waals surface area contributed by atoms with E-state index in [0.29, 0.717) is 12.0 Å². The summed E-state index contributed by atoms with van der Waals surface area (Å²) in [6, 6.07) is 6.55. The Morgan fingerprint density at radius 3 is 2.50 bits per heavy atom. The van der Waals surface area contributed by atoms with Crippen LogP contribution in [0.25, 0.3) is 0 Å². The Morgan fingerprint density at radius 1 is 1.33 bits per heavy atom. The lowest BCUT2D eigenvalue weighted by Crippen LogP contribution is -2.24. The van der Waals surface area contributed by atoms with Gasteiger partial charge in [-0.25, -0.2) is 0 Å². The van der Waals surface area contributed by atoms with E-state index in [1.54, 1.807) is 0 Å². The van der Waals surface area contributed by atoms with E-state index in [4.69, 9.17) is 0 Å². The molecule has 0 aliphatic heterocycles. The van der Waals surface area contributed by atoms with Crippen LogP contribution in [0, 0.1) is 12.8 Å². The number of rotatable bonds is 5. The monoisotopic (exact) mass is 248 g/mol. The maximum Gasteiger partial charge on any atom is 0.221 e. The van der Waals surface area contributed by atoms with Gasteiger partial charge in [-0.2, -0.15) is 0 Å². The van der Waals surface area contributed by atoms with Crippen LogP contribution in [0.15, 0.2) is 18.2 Å². The summed E-state index contributed by atoms with van der Waals surface area (Å²) < 4.78 is 0. The highest BCUT2D eigenvalue weighted by atomic mass is 16.1. The van der Waals surface area contributed by atoms with Crippen molar-refractivity contribution in [3.8, 4) is 0 Å². The fourth-order valence-corrected chi connectivity index (χ4v) is 1.99. The Kier molecular flexibility index (Phi) is 5.20. The quantitative estimate of drug-likeness (QED) is 0.832. The molecule has 1 aromatic carbocycles. The van der Waals surface area contributed by atoms with Crippen molar-refractivity contribution in [2.24, 2.45) is 5.92 Å². The number of hydrogen-bond acceptors (Lipinski definition) is 2. The Hall–Kier alpha value is -1.51. The number of aryl methyl sites for hydroxylation is 1. The number of carbonyl (C=O) groups is 1. The molecule has 0 saturated heterocycles. The van der Waals surface area contributed by atoms with Crippen molar-refractivity contribution in [3.05, 3.63) is 23.8 Å². The molecule has 1 rings (SSSR count). The molecule has 0 aliphatic carbocycles. The highest BCUT2D eigenvalue weighted by Gasteiger charge is 2.11. The van der Waals surface area contributed by atoms with E-state index in [2.05, 4.69) is 37.5 Å². The number of carbonyl (C=O) groups excluding carboxylic acids is 1. The van der Waals surface area contributed by atoms with Gasteiger partial charge in [0, 0.05) is 24.3 Å². The lowest BCUT2D eigenvalue weighted by molar-refractivity contribution is -0.114. The lowest BCUT2D eigenvalue weighted by Gasteiger charge is -2.22. The Balaban J connectivity index is 2.87. The van der Waals surface area contributed by atoms with Crippen LogP contribution in [-0.2, 0) is 4.79 Å². The van der Waals surface area contributed by atoms with Crippen molar-refractivity contribution in [2.75, 3.05) is 10.6 Å². The van der Waals surface area contributed by atoms with Gasteiger partial charge in [0.05, 0.1) is 0 Å². The number of amides is 1. The number of anilines is 2. The van der Waals surface area contributed by atoms with Crippen LogP contribution in [0.2, 0.25) is 0 Å². The van der Waals surface area contributed by atoms with Gasteiger partial charge in [0.25, 0.3) is 0 Å². The standard InChI is InChI=1S/C15H24N2O/c1-6-14(10(2)3)17-13-8-7-11(4)15(9-13)16-12(5)18/h7-10,14,17H,6H2,1-5H3,(H,16,18). The van der Waals surface area contributed by atoms with E-state index < -0.39 is 0 Å². The summed E-state index contributed by atoms with van der Waals surface area (Å²) in [6.07, 6.45) is 1.08. The zero-order valence-corrected chi connectivity index (χ0v) is 12.0. The molecule has 0 radical (unpaired) electrons. The van der Waals surface area contributed by atoms with E-state index in [1.165, 1.54) is 6.92 Å². The second kappa shape index (κ2) is 6.43. The predicted octanol–water partition coefficient (Wildman–Crippen LogP) is 3.80. The van der Waals surface area contributed by atoms with Crippen LogP contribution in [0.1, 0.15) is 39.7 Å². The second-order valence-corrected chi connectivity index (χ2v) is 5.11. The minimum absolute atomic E-state index is 0.0360. The van der Waals surface area contributed by atoms with Crippen molar-refractivity contribution in [1.82, 2.24) is 0 Å². The molecule has 0 bridgehead atoms. The van der Waals surface area contributed by atoms with Gasteiger partial charge in [0.1, 0.15) is 0 Å². The van der Waals surface area contributed by atoms with Gasteiger partial charge < -0.3 is 10.6 Å². The van der Waals surface area contributed by atoms with Crippen LogP contribution < -0.4 is 10.6 Å². The van der Waals surface area contributed by atoms with Crippen LogP contribution in [0.5, 0.6) is 0 Å². The Morgan fingerprint density at radius 2 is 2.00 bits per heavy atom. The molecule has 1 unspecified atom stereocenters. The van der Waals surface area contributed by atoms with Gasteiger partial charge >= 0.3 is 0 Å². The summed E-state index contributed by atoms with van der Waals surface area (Å²) in [7, 11) is 0. The molecule has 0 fully saturated rings. The van der Waals surface area contributed by atoms with Crippen molar-refractivity contribution in [3.63, 3.8) is 0 Å². The third-order valence-corrected chi connectivity index (χ3v) is 3.14. The first-order chi connectivity index (χ1) is 8.43. The third kappa shape index (κ3) is 4.06. The molecule has 0 spiro atoms. The topological polar surface area (TPSA) is 41.1 Å². The minimum Gasteiger partial charge on any atom is -0.382 e. The normalized spacial score (nSPS) is 12.3. The van der Waals surface area contributed by atoms with E-state index in [-0.39, 0.29) is 5.91 Å². The van der Waals surface area contributed by atoms with Gasteiger partial charge in [-0.15, -0.1) is 0 Å². The maximum atomic E-state index is 11.1. The first kappa shape index (κ1) is 14.6. The molecule has 100 valence electrons. The highest BCUT2D eigenvalue weighted by Crippen LogP contribution is 2.22. The molecular weight excluding hydrogens is 224 g/mol. The fraction of sp³-hybridized carbons (Fsp3) is 0.533. The van der Waals surface area contributed by atoms with Crippen LogP contribution in [0.3, 0.4) is 0 Å². The SMILES string of the molecule is CCC(Nc1ccc(C)c(NC(C)=O)c1)C(C)C. The van der Waals surface area contributed by atoms with Gasteiger partial charge in [-0.05, 0) is 37.0 Å². The zero-order valence-electron chi connectivity index (χ0n) is 12.0. The molecule has 3 nitrogen and oxygen atoms in total. The second-order valence-electron chi connectivity index (χ2n) is 5.11. The Labute approximate surface area is 110 Å². The van der Waals surface area contributed by atoms with Crippen LogP contribution >= 0.6 is 0 Å². The Bertz CT molecular complexity index is 413. The maximum absolute atomic E-state index is 11.1. The van der Waals surface area contributed by atoms with Gasteiger partial charge in [0.2, 0.25) is 5.91 Å². The molecule has 18 heavy (non-hydrogen) atoms. The average molecular weight is 248 g/mol. The summed E-state index contributed by atoms with van der Waals surface area (Å²) in [6.45, 7) is 10.1. The molecule has 0 aromatic heterocycles. The van der Waals surface area contributed by atoms with E-state index in [9.17, 15) is 4.79 Å². The molecule has 3 heteroatoms. The van der Waals surface area contributed by atoms with Gasteiger partial charge in [-0.3, -0.25) is 4.79 Å². The number of benzene rings is 1. The molecule has 1 aromatic rings. The first-order valence-corrected chi connectivity index (χ1v) is 6.58. The summed E-state index contributed by atoms with van der Waals surface area (Å²) in [5, 5.41) is 6.37. The molecule has 0 saturated carbocycles. The largest absolute Gasteiger partial charge is 0.382 e. The molecule has 1 atom stereocenters. The first-order valence-electron chi connectivity index (χ1n) is 6.58. The van der Waals surface area contributed by atoms with Crippen molar-refractivity contribution in [2.45, 2.75) is 47.1 Å². The number of nitrogens with one attached hydrogen (secondary N) is 2. The zero-order chi connectivity index (χ0) is 13.7. The smallest absolute Gasteiger partial charge is 0.221 e. The van der Waals surface area contributed by atoms with E-state index in [1.807, 2.05) is 19.1 Å². The van der Waals surface area contributed by atoms with Crippen LogP contribution in [-0.4, -0.2) is 11.9 Å². The molecule has 1 amide bonds. The van der Waals surface area contributed by atoms with Crippen molar-refractivity contribution < 1.29 is 4.79 Å². The highest BCUT2D eigenvalue weighted by molar-refractivity contribution is 5.90. The van der Waals surface area contributed by atoms with Crippen LogP contribution in [0.4, 0.5) is 11.4 Å². The third-order valence-electron chi connectivity index (χ3n) is 3.14. The summed E-state index contributed by atoms with van der Waals surface area (Å²) >= 11 is 0. The molecule has 0 aliphatic rings. The number of hydrogen-bond donors (Lipinski definition) is 2. The van der Waals surface area contributed by atoms with E-state index in [0.717, 1.165) is 23.4 Å². The van der Waals surface area contributed by atoms with Gasteiger partial charge in [0.15, 0.2) is 0 Å². The van der Waals surface area contributed by atoms with Gasteiger partial charge in [-0.1, -0.05) is 26.8 Å². The molecular formula is C15H24N2O. The molecule has 2 N–H and O–H groups in total. The summed E-state index contributed by atoms with van der Waals surface area (Å²) in [5.41, 5.74) is 3.02. The van der Waals surface area contributed by atoms with E-state index >= 15 is 0 Å². The fourth-order valence-electron chi connectivity index (χ4n) is 1.99. The average Bonchev–Trinajstić information content (AvgIpc) is 2.29. The summed E-state index contributed by atoms with van der Waals surface area (Å²) in [4.78, 5) is 11.1. The van der Waals surface area contributed by atoms with Crippen molar-refractivity contribution >= 4 is 17.3 Å². The minimum atomic E-state index is -0.0360. The van der Waals surface area contributed by atoms with Crippen molar-refractivity contribution in [1.29, 1.82) is 0 Å². The molecule has 0 heterocycles. The predicted molar refractivity (Wildman–Crippen MR) is 78.0 cm³/mol. The summed E-state index contributed by atoms with van der Waals surface area (Å²) in [5.74, 6) is 0.548. The lowest BCUT2D eigenvalue weighted by atomic mass is 10.0.